The number of carbonyl (C=O) groups excluding carboxylic acids is 1. The lowest BCUT2D eigenvalue weighted by Crippen LogP contribution is -2.38. The predicted octanol–water partition coefficient (Wildman–Crippen LogP) is 3.50. The fourth-order valence-corrected chi connectivity index (χ4v) is 3.99. The Morgan fingerprint density at radius 3 is 2.71 bits per heavy atom. The highest BCUT2D eigenvalue weighted by atomic mass is 32.1. The van der Waals surface area contributed by atoms with Gasteiger partial charge in [0.1, 0.15) is 18.1 Å². The first-order valence-electron chi connectivity index (χ1n) is 8.41. The van der Waals surface area contributed by atoms with Crippen molar-refractivity contribution in [2.45, 2.75) is 38.3 Å². The summed E-state index contributed by atoms with van der Waals surface area (Å²) in [5, 5.41) is 0. The number of ether oxygens (including phenoxy) is 2. The summed E-state index contributed by atoms with van der Waals surface area (Å²) in [6, 6.07) is 8.08. The second-order valence-electron chi connectivity index (χ2n) is 6.23. The van der Waals surface area contributed by atoms with Crippen LogP contribution in [0.5, 0.6) is 11.5 Å². The van der Waals surface area contributed by atoms with Crippen molar-refractivity contribution < 1.29 is 14.3 Å². The minimum absolute atomic E-state index is 0.0827. The topological polar surface area (TPSA) is 51.7 Å². The van der Waals surface area contributed by atoms with Crippen molar-refractivity contribution in [2.24, 2.45) is 0 Å². The van der Waals surface area contributed by atoms with E-state index < -0.39 is 0 Å². The second-order valence-corrected chi connectivity index (χ2v) is 7.06. The van der Waals surface area contributed by atoms with Crippen molar-refractivity contribution in [2.75, 3.05) is 13.2 Å². The maximum absolute atomic E-state index is 12.9. The molecular formula is C18H20N2O3S. The molecule has 0 atom stereocenters. The van der Waals surface area contributed by atoms with Gasteiger partial charge in [0, 0.05) is 18.8 Å². The first-order valence-corrected chi connectivity index (χ1v) is 9.19. The summed E-state index contributed by atoms with van der Waals surface area (Å²) in [6.45, 7) is 1.75. The molecule has 24 heavy (non-hydrogen) atoms. The molecule has 2 aliphatic rings. The lowest BCUT2D eigenvalue weighted by Gasteiger charge is -2.29. The maximum atomic E-state index is 12.9. The quantitative estimate of drug-likeness (QED) is 0.852. The zero-order chi connectivity index (χ0) is 16.4. The van der Waals surface area contributed by atoms with Gasteiger partial charge in [-0.3, -0.25) is 4.79 Å². The summed E-state index contributed by atoms with van der Waals surface area (Å²) in [5.41, 5.74) is 1.07. The molecule has 5 nitrogen and oxygen atoms in total. The van der Waals surface area contributed by atoms with Crippen molar-refractivity contribution in [3.63, 3.8) is 0 Å². The number of hydrogen-bond acceptors (Lipinski definition) is 5. The van der Waals surface area contributed by atoms with E-state index in [1.807, 2.05) is 23.1 Å². The molecule has 0 unspecified atom stereocenters. The van der Waals surface area contributed by atoms with Gasteiger partial charge in [0.25, 0.3) is 5.91 Å². The third kappa shape index (κ3) is 3.11. The van der Waals surface area contributed by atoms with Gasteiger partial charge in [-0.15, -0.1) is 0 Å². The highest BCUT2D eigenvalue weighted by molar-refractivity contribution is 7.08. The molecule has 1 aliphatic heterocycles. The van der Waals surface area contributed by atoms with Gasteiger partial charge in [-0.1, -0.05) is 18.9 Å². The van der Waals surface area contributed by atoms with Crippen LogP contribution in [0.25, 0.3) is 0 Å². The molecule has 2 heterocycles. The Kier molecular flexibility index (Phi) is 4.38. The zero-order valence-electron chi connectivity index (χ0n) is 13.4. The van der Waals surface area contributed by atoms with Crippen LogP contribution in [-0.2, 0) is 6.54 Å². The Morgan fingerprint density at radius 2 is 1.96 bits per heavy atom. The number of benzene rings is 1. The van der Waals surface area contributed by atoms with E-state index in [1.54, 1.807) is 12.3 Å². The molecule has 1 fully saturated rings. The van der Waals surface area contributed by atoms with Crippen molar-refractivity contribution in [1.82, 2.24) is 9.27 Å². The largest absolute Gasteiger partial charge is 0.486 e. The van der Waals surface area contributed by atoms with Gasteiger partial charge in [0.15, 0.2) is 11.5 Å². The molecule has 2 aromatic rings. The Labute approximate surface area is 145 Å². The minimum Gasteiger partial charge on any atom is -0.486 e. The van der Waals surface area contributed by atoms with E-state index in [1.165, 1.54) is 24.4 Å². The number of amides is 1. The van der Waals surface area contributed by atoms with E-state index in [9.17, 15) is 4.79 Å². The Hall–Kier alpha value is -2.08. The third-order valence-electron chi connectivity index (χ3n) is 4.63. The van der Waals surface area contributed by atoms with Gasteiger partial charge in [-0.25, -0.2) is 4.37 Å². The normalized spacial score (nSPS) is 17.0. The first kappa shape index (κ1) is 15.4. The van der Waals surface area contributed by atoms with E-state index >= 15 is 0 Å². The van der Waals surface area contributed by atoms with Gasteiger partial charge >= 0.3 is 0 Å². The Bertz CT molecular complexity index is 711. The van der Waals surface area contributed by atoms with E-state index in [4.69, 9.17) is 9.47 Å². The van der Waals surface area contributed by atoms with Gasteiger partial charge < -0.3 is 14.4 Å². The van der Waals surface area contributed by atoms with Crippen LogP contribution < -0.4 is 9.47 Å². The Morgan fingerprint density at radius 1 is 1.17 bits per heavy atom. The second kappa shape index (κ2) is 6.81. The number of rotatable bonds is 4. The number of aromatic nitrogens is 1. The van der Waals surface area contributed by atoms with Crippen molar-refractivity contribution in [3.05, 3.63) is 40.9 Å². The van der Waals surface area contributed by atoms with Crippen molar-refractivity contribution >= 4 is 17.4 Å². The molecule has 0 bridgehead atoms. The molecule has 1 amide bonds. The lowest BCUT2D eigenvalue weighted by atomic mass is 10.1. The van der Waals surface area contributed by atoms with Crippen LogP contribution in [0.2, 0.25) is 0 Å². The van der Waals surface area contributed by atoms with Gasteiger partial charge in [0.05, 0.1) is 0 Å². The summed E-state index contributed by atoms with van der Waals surface area (Å²) >= 11 is 1.27. The molecule has 1 aromatic heterocycles. The number of nitrogens with zero attached hydrogens (tertiary/aromatic N) is 2. The van der Waals surface area contributed by atoms with Crippen LogP contribution in [0.15, 0.2) is 30.5 Å². The molecule has 0 radical (unpaired) electrons. The standard InChI is InChI=1S/C18H20N2O3S/c21-18(17-7-8-19-24-17)20(14-3-1-2-4-14)12-13-5-6-15-16(11-13)23-10-9-22-15/h5-8,11,14H,1-4,9-10,12H2. The van der Waals surface area contributed by atoms with E-state index in [0.29, 0.717) is 30.7 Å². The molecular weight excluding hydrogens is 324 g/mol. The van der Waals surface area contributed by atoms with Crippen LogP contribution in [0.4, 0.5) is 0 Å². The average molecular weight is 344 g/mol. The van der Waals surface area contributed by atoms with E-state index in [2.05, 4.69) is 4.37 Å². The summed E-state index contributed by atoms with van der Waals surface area (Å²) in [7, 11) is 0. The predicted molar refractivity (Wildman–Crippen MR) is 91.7 cm³/mol. The van der Waals surface area contributed by atoms with Crippen LogP contribution in [0, 0.1) is 0 Å². The smallest absolute Gasteiger partial charge is 0.266 e. The molecule has 0 spiro atoms. The number of carbonyl (C=O) groups is 1. The molecule has 1 saturated carbocycles. The minimum atomic E-state index is 0.0827. The monoisotopic (exact) mass is 344 g/mol. The van der Waals surface area contributed by atoms with Gasteiger partial charge in [0.2, 0.25) is 0 Å². The fraction of sp³-hybridized carbons (Fsp3) is 0.444. The molecule has 4 rings (SSSR count). The molecule has 1 aliphatic carbocycles. The summed E-state index contributed by atoms with van der Waals surface area (Å²) in [4.78, 5) is 15.6. The number of fused-ring (bicyclic) bond motifs is 1. The van der Waals surface area contributed by atoms with E-state index in [-0.39, 0.29) is 5.91 Å². The molecule has 1 aromatic carbocycles. The highest BCUT2D eigenvalue weighted by Gasteiger charge is 2.28. The van der Waals surface area contributed by atoms with Gasteiger partial charge in [-0.05, 0) is 48.1 Å². The third-order valence-corrected chi connectivity index (χ3v) is 5.37. The molecule has 0 saturated heterocycles. The molecule has 0 N–H and O–H groups in total. The van der Waals surface area contributed by atoms with Crippen LogP contribution in [0.3, 0.4) is 0 Å². The average Bonchev–Trinajstić information content (AvgIpc) is 3.32. The summed E-state index contributed by atoms with van der Waals surface area (Å²) in [6.07, 6.45) is 6.23. The maximum Gasteiger partial charge on any atom is 0.266 e. The van der Waals surface area contributed by atoms with Crippen LogP contribution >= 0.6 is 11.5 Å². The highest BCUT2D eigenvalue weighted by Crippen LogP contribution is 2.33. The first-order chi connectivity index (χ1) is 11.8. The molecule has 126 valence electrons. The fourth-order valence-electron chi connectivity index (χ4n) is 3.43. The van der Waals surface area contributed by atoms with Crippen molar-refractivity contribution in [3.8, 4) is 11.5 Å². The van der Waals surface area contributed by atoms with Crippen LogP contribution in [0.1, 0.15) is 40.9 Å². The summed E-state index contributed by atoms with van der Waals surface area (Å²) < 4.78 is 15.3. The zero-order valence-corrected chi connectivity index (χ0v) is 14.3. The van der Waals surface area contributed by atoms with E-state index in [0.717, 1.165) is 29.9 Å². The SMILES string of the molecule is O=C(c1ccns1)N(Cc1ccc2c(c1)OCCO2)C1CCCC1. The number of hydrogen-bond donors (Lipinski definition) is 0. The van der Waals surface area contributed by atoms with Crippen LogP contribution in [-0.4, -0.2) is 34.4 Å². The lowest BCUT2D eigenvalue weighted by molar-refractivity contribution is 0.0669. The molecule has 6 heteroatoms. The van der Waals surface area contributed by atoms with Gasteiger partial charge in [-0.2, -0.15) is 0 Å². The van der Waals surface area contributed by atoms with Crippen molar-refractivity contribution in [1.29, 1.82) is 0 Å². The summed E-state index contributed by atoms with van der Waals surface area (Å²) in [5.74, 6) is 1.64. The Balaban J connectivity index is 1.58.